The van der Waals surface area contributed by atoms with Crippen molar-refractivity contribution in [2.75, 3.05) is 0 Å². The van der Waals surface area contributed by atoms with Crippen molar-refractivity contribution in [3.63, 3.8) is 0 Å². The zero-order valence-corrected chi connectivity index (χ0v) is 18.3. The lowest BCUT2D eigenvalue weighted by Crippen LogP contribution is -2.06. The van der Waals surface area contributed by atoms with E-state index in [1.165, 1.54) is 65.5 Å². The first-order chi connectivity index (χ1) is 16.3. The minimum atomic E-state index is 0.417. The number of H-pyrrole nitrogens is 1. The van der Waals surface area contributed by atoms with E-state index in [4.69, 9.17) is 0 Å². The van der Waals surface area contributed by atoms with Crippen LogP contribution in [0.4, 0.5) is 0 Å². The van der Waals surface area contributed by atoms with Gasteiger partial charge in [-0.15, -0.1) is 0 Å². The molecule has 4 aromatic carbocycles. The molecule has 0 fully saturated rings. The van der Waals surface area contributed by atoms with Gasteiger partial charge in [-0.2, -0.15) is 0 Å². The van der Waals surface area contributed by atoms with Crippen LogP contribution in [0.25, 0.3) is 59.9 Å². The molecular weight excluding hydrogens is 400 g/mol. The first kappa shape index (κ1) is 17.5. The molecule has 2 nitrogen and oxygen atoms in total. The van der Waals surface area contributed by atoms with Crippen LogP contribution >= 0.6 is 0 Å². The molecular formula is C31H22N2. The summed E-state index contributed by atoms with van der Waals surface area (Å²) in [6.07, 6.45) is 8.99. The third-order valence-electron chi connectivity index (χ3n) is 7.75. The average molecular weight is 423 g/mol. The van der Waals surface area contributed by atoms with Crippen molar-refractivity contribution in [3.05, 3.63) is 103 Å². The Morgan fingerprint density at radius 2 is 1.42 bits per heavy atom. The molecule has 2 heteroatoms. The zero-order chi connectivity index (χ0) is 21.7. The normalized spacial score (nSPS) is 18.8. The summed E-state index contributed by atoms with van der Waals surface area (Å²) in [6.45, 7) is 2.31. The minimum Gasteiger partial charge on any atom is -0.354 e. The number of aromatic amines is 1. The Kier molecular flexibility index (Phi) is 3.21. The van der Waals surface area contributed by atoms with E-state index in [-0.39, 0.29) is 0 Å². The Balaban J connectivity index is 1.59. The van der Waals surface area contributed by atoms with Crippen molar-refractivity contribution in [1.29, 1.82) is 0 Å². The number of hydrogen-bond donors (Lipinski definition) is 1. The van der Waals surface area contributed by atoms with Crippen molar-refractivity contribution >= 4 is 59.9 Å². The molecule has 0 radical (unpaired) electrons. The maximum Gasteiger partial charge on any atom is 0.0628 e. The molecule has 2 atom stereocenters. The van der Waals surface area contributed by atoms with Crippen LogP contribution in [-0.2, 0) is 0 Å². The van der Waals surface area contributed by atoms with E-state index < -0.39 is 0 Å². The second-order valence-corrected chi connectivity index (χ2v) is 9.52. The Morgan fingerprint density at radius 1 is 0.667 bits per heavy atom. The van der Waals surface area contributed by atoms with Gasteiger partial charge < -0.3 is 9.38 Å². The van der Waals surface area contributed by atoms with Gasteiger partial charge in [0, 0.05) is 49.3 Å². The molecule has 0 amide bonds. The van der Waals surface area contributed by atoms with Crippen molar-refractivity contribution in [2.45, 2.75) is 12.8 Å². The summed E-state index contributed by atoms with van der Waals surface area (Å²) in [7, 11) is 0. The maximum absolute atomic E-state index is 3.75. The Bertz CT molecular complexity index is 1940. The van der Waals surface area contributed by atoms with E-state index in [2.05, 4.69) is 113 Å². The van der Waals surface area contributed by atoms with Crippen molar-refractivity contribution in [3.8, 4) is 0 Å². The molecule has 2 unspecified atom stereocenters. The topological polar surface area (TPSA) is 20.2 Å². The highest BCUT2D eigenvalue weighted by Gasteiger charge is 2.22. The summed E-state index contributed by atoms with van der Waals surface area (Å²) >= 11 is 0. The van der Waals surface area contributed by atoms with Crippen LogP contribution in [0.2, 0.25) is 0 Å². The van der Waals surface area contributed by atoms with E-state index in [1.54, 1.807) is 0 Å². The number of aromatic nitrogens is 2. The van der Waals surface area contributed by atoms with Gasteiger partial charge in [0.1, 0.15) is 0 Å². The van der Waals surface area contributed by atoms with Gasteiger partial charge in [0.25, 0.3) is 0 Å². The second-order valence-electron chi connectivity index (χ2n) is 9.52. The molecule has 0 spiro atoms. The van der Waals surface area contributed by atoms with Gasteiger partial charge in [0.05, 0.1) is 16.6 Å². The lowest BCUT2D eigenvalue weighted by molar-refractivity contribution is 0.636. The predicted octanol–water partition coefficient (Wildman–Crippen LogP) is 8.32. The van der Waals surface area contributed by atoms with Crippen LogP contribution in [0, 0.1) is 5.92 Å². The van der Waals surface area contributed by atoms with E-state index in [1.807, 2.05) is 0 Å². The van der Waals surface area contributed by atoms with Gasteiger partial charge in [0.15, 0.2) is 0 Å². The van der Waals surface area contributed by atoms with Crippen molar-refractivity contribution in [1.82, 2.24) is 9.38 Å². The second kappa shape index (κ2) is 6.05. The highest BCUT2D eigenvalue weighted by atomic mass is 14.9. The van der Waals surface area contributed by atoms with E-state index >= 15 is 0 Å². The number of benzene rings is 4. The third kappa shape index (κ3) is 2.13. The van der Waals surface area contributed by atoms with Gasteiger partial charge in [-0.1, -0.05) is 73.7 Å². The molecule has 1 N–H and O–H groups in total. The van der Waals surface area contributed by atoms with Gasteiger partial charge >= 0.3 is 0 Å². The number of fused-ring (bicyclic) bond motifs is 10. The zero-order valence-electron chi connectivity index (χ0n) is 18.3. The quantitative estimate of drug-likeness (QED) is 0.274. The van der Waals surface area contributed by atoms with Crippen LogP contribution in [0.5, 0.6) is 0 Å². The number of hydrogen-bond acceptors (Lipinski definition) is 0. The molecule has 1 aliphatic rings. The Morgan fingerprint density at radius 3 is 2.27 bits per heavy atom. The fourth-order valence-corrected chi connectivity index (χ4v) is 6.26. The summed E-state index contributed by atoms with van der Waals surface area (Å²) in [5.41, 5.74) is 7.72. The lowest BCUT2D eigenvalue weighted by atomic mass is 9.84. The summed E-state index contributed by atoms with van der Waals surface area (Å²) in [6, 6.07) is 27.0. The van der Waals surface area contributed by atoms with E-state index in [0.29, 0.717) is 11.8 Å². The number of nitrogens with one attached hydrogen (secondary N) is 1. The molecule has 0 aliphatic heterocycles. The fraction of sp³-hybridized carbons (Fsp3) is 0.0968. The molecule has 0 saturated carbocycles. The molecule has 3 aromatic heterocycles. The van der Waals surface area contributed by atoms with Gasteiger partial charge in [-0.05, 0) is 41.8 Å². The number of para-hydroxylation sites is 2. The number of allylic oxidation sites excluding steroid dienone is 4. The number of rotatable bonds is 1. The van der Waals surface area contributed by atoms with Gasteiger partial charge in [-0.3, -0.25) is 0 Å². The first-order valence-corrected chi connectivity index (χ1v) is 11.8. The fourth-order valence-electron chi connectivity index (χ4n) is 6.26. The van der Waals surface area contributed by atoms with Crippen LogP contribution in [0.1, 0.15) is 18.4 Å². The molecule has 7 aromatic rings. The van der Waals surface area contributed by atoms with Crippen LogP contribution in [-0.4, -0.2) is 9.38 Å². The minimum absolute atomic E-state index is 0.417. The van der Waals surface area contributed by atoms with Crippen LogP contribution in [0.15, 0.2) is 97.1 Å². The standard InChI is InChI=1S/C31H22N2/c1-18-8-2-3-9-20(18)19-14-15-25-24(16-19)29-26(32-25)17-23-21-10-4-6-12-27(21)33-28-13-7-5-11-22(28)30(29)31(23)33/h2-18,20,32H,1H3. The van der Waals surface area contributed by atoms with Crippen molar-refractivity contribution < 1.29 is 0 Å². The first-order valence-electron chi connectivity index (χ1n) is 11.8. The SMILES string of the molecule is CC1C=CC=CC1c1ccc2[nH]c3cc4c5ccccc5n5c6ccccc6c(c3c2c1)c45. The third-order valence-corrected chi connectivity index (χ3v) is 7.75. The van der Waals surface area contributed by atoms with E-state index in [0.717, 1.165) is 0 Å². The monoisotopic (exact) mass is 422 g/mol. The van der Waals surface area contributed by atoms with Crippen LogP contribution < -0.4 is 0 Å². The molecule has 0 bridgehead atoms. The Hall–Kier alpha value is -4.04. The summed E-state index contributed by atoms with van der Waals surface area (Å²) in [4.78, 5) is 3.75. The van der Waals surface area contributed by atoms with Gasteiger partial charge in [0.2, 0.25) is 0 Å². The molecule has 3 heterocycles. The molecule has 33 heavy (non-hydrogen) atoms. The Labute approximate surface area is 190 Å². The molecule has 1 aliphatic carbocycles. The molecule has 156 valence electrons. The van der Waals surface area contributed by atoms with Crippen molar-refractivity contribution in [2.24, 2.45) is 5.92 Å². The number of nitrogens with zero attached hydrogens (tertiary/aromatic N) is 1. The predicted molar refractivity (Wildman–Crippen MR) is 141 cm³/mol. The van der Waals surface area contributed by atoms with E-state index in [9.17, 15) is 0 Å². The average Bonchev–Trinajstić information content (AvgIpc) is 3.49. The molecule has 8 rings (SSSR count). The lowest BCUT2D eigenvalue weighted by Gasteiger charge is -2.21. The summed E-state index contributed by atoms with van der Waals surface area (Å²) in [5, 5.41) is 8.00. The highest BCUT2D eigenvalue weighted by Crippen LogP contribution is 2.45. The smallest absolute Gasteiger partial charge is 0.0628 e. The van der Waals surface area contributed by atoms with Gasteiger partial charge in [-0.25, -0.2) is 0 Å². The highest BCUT2D eigenvalue weighted by molar-refractivity contribution is 6.35. The summed E-state index contributed by atoms with van der Waals surface area (Å²) in [5.74, 6) is 0.920. The largest absolute Gasteiger partial charge is 0.354 e. The summed E-state index contributed by atoms with van der Waals surface area (Å²) < 4.78 is 2.47. The molecule has 0 saturated heterocycles. The maximum atomic E-state index is 3.75. The van der Waals surface area contributed by atoms with Crippen LogP contribution in [0.3, 0.4) is 0 Å².